The van der Waals surface area contributed by atoms with Crippen molar-refractivity contribution in [2.24, 2.45) is 0 Å². The third kappa shape index (κ3) is 1.56. The Hall–Kier alpha value is -2.17. The van der Waals surface area contributed by atoms with E-state index in [1.807, 2.05) is 12.1 Å². The molecule has 0 atom stereocenters. The predicted molar refractivity (Wildman–Crippen MR) is 57.8 cm³/mol. The van der Waals surface area contributed by atoms with Crippen LogP contribution < -0.4 is 4.74 Å². The minimum absolute atomic E-state index is 0.213. The van der Waals surface area contributed by atoms with Gasteiger partial charge >= 0.3 is 5.97 Å². The average Bonchev–Trinajstić information content (AvgIpc) is 2.28. The summed E-state index contributed by atoms with van der Waals surface area (Å²) in [4.78, 5) is 18.7. The minimum atomic E-state index is -1.14. The summed E-state index contributed by atoms with van der Waals surface area (Å²) in [6.45, 7) is 1.75. The van der Waals surface area contributed by atoms with Gasteiger partial charge in [-0.05, 0) is 13.0 Å². The van der Waals surface area contributed by atoms with E-state index in [0.29, 0.717) is 17.0 Å². The molecule has 0 radical (unpaired) electrons. The number of para-hydroxylation sites is 1. The average molecular weight is 218 g/mol. The molecule has 5 heteroatoms. The summed E-state index contributed by atoms with van der Waals surface area (Å²) in [5.41, 5.74) is 1.15. The molecule has 0 saturated heterocycles. The molecule has 0 saturated carbocycles. The second-order valence-corrected chi connectivity index (χ2v) is 3.29. The Morgan fingerprint density at radius 3 is 2.75 bits per heavy atom. The molecule has 0 aliphatic carbocycles. The Kier molecular flexibility index (Phi) is 2.44. The normalized spacial score (nSPS) is 10.4. The first-order valence-electron chi connectivity index (χ1n) is 4.68. The van der Waals surface area contributed by atoms with E-state index in [1.54, 1.807) is 13.0 Å². The maximum Gasteiger partial charge on any atom is 0.373 e. The number of aromatic carboxylic acids is 1. The maximum absolute atomic E-state index is 10.8. The first-order chi connectivity index (χ1) is 7.63. The van der Waals surface area contributed by atoms with E-state index in [4.69, 9.17) is 9.84 Å². The lowest BCUT2D eigenvalue weighted by atomic mass is 10.2. The zero-order valence-electron chi connectivity index (χ0n) is 8.89. The second kappa shape index (κ2) is 3.77. The first kappa shape index (κ1) is 10.4. The minimum Gasteiger partial charge on any atom is -0.494 e. The molecule has 82 valence electrons. The number of ether oxygens (including phenoxy) is 1. The van der Waals surface area contributed by atoms with Crippen LogP contribution in [0.2, 0.25) is 0 Å². The van der Waals surface area contributed by atoms with Crippen LogP contribution in [0.5, 0.6) is 5.75 Å². The summed E-state index contributed by atoms with van der Waals surface area (Å²) in [5.74, 6) is -0.809. The fourth-order valence-electron chi connectivity index (χ4n) is 1.54. The van der Waals surface area contributed by atoms with Crippen molar-refractivity contribution in [2.75, 3.05) is 7.11 Å². The highest BCUT2D eigenvalue weighted by atomic mass is 16.5. The van der Waals surface area contributed by atoms with Crippen LogP contribution in [-0.4, -0.2) is 28.2 Å². The molecule has 1 heterocycles. The van der Waals surface area contributed by atoms with Crippen LogP contribution in [0.3, 0.4) is 0 Å². The monoisotopic (exact) mass is 218 g/mol. The standard InChI is InChI=1S/C11H10N2O3/c1-6-7-4-3-5-8(16-2)9(7)13-10(12-6)11(14)15/h3-5H,1-2H3,(H,14,15). The number of carboxylic acid groups (broad SMARTS) is 1. The number of nitrogens with zero attached hydrogens (tertiary/aromatic N) is 2. The summed E-state index contributed by atoms with van der Waals surface area (Å²) in [6.07, 6.45) is 0. The highest BCUT2D eigenvalue weighted by Crippen LogP contribution is 2.24. The summed E-state index contributed by atoms with van der Waals surface area (Å²) in [5, 5.41) is 9.66. The van der Waals surface area contributed by atoms with E-state index >= 15 is 0 Å². The van der Waals surface area contributed by atoms with Gasteiger partial charge in [-0.2, -0.15) is 0 Å². The SMILES string of the molecule is COc1cccc2c(C)nc(C(=O)O)nc12. The number of methoxy groups -OCH3 is 1. The van der Waals surface area contributed by atoms with Gasteiger partial charge in [-0.15, -0.1) is 0 Å². The van der Waals surface area contributed by atoms with Gasteiger partial charge in [0, 0.05) is 11.1 Å². The Bertz CT molecular complexity index is 566. The third-order valence-corrected chi connectivity index (χ3v) is 2.29. The molecule has 2 rings (SSSR count). The Morgan fingerprint density at radius 1 is 1.38 bits per heavy atom. The van der Waals surface area contributed by atoms with Gasteiger partial charge in [-0.3, -0.25) is 0 Å². The zero-order valence-corrected chi connectivity index (χ0v) is 8.89. The van der Waals surface area contributed by atoms with Crippen molar-refractivity contribution in [1.82, 2.24) is 9.97 Å². The van der Waals surface area contributed by atoms with Crippen LogP contribution in [0.25, 0.3) is 10.9 Å². The number of carboxylic acids is 1. The number of carbonyl (C=O) groups is 1. The largest absolute Gasteiger partial charge is 0.494 e. The Balaban J connectivity index is 2.82. The van der Waals surface area contributed by atoms with Crippen LogP contribution in [0, 0.1) is 6.92 Å². The molecular weight excluding hydrogens is 208 g/mol. The van der Waals surface area contributed by atoms with Gasteiger partial charge in [0.15, 0.2) is 0 Å². The molecule has 0 amide bonds. The molecule has 1 N–H and O–H groups in total. The van der Waals surface area contributed by atoms with E-state index in [9.17, 15) is 4.79 Å². The summed E-state index contributed by atoms with van der Waals surface area (Å²) >= 11 is 0. The molecule has 0 spiro atoms. The van der Waals surface area contributed by atoms with Crippen LogP contribution in [0.1, 0.15) is 16.3 Å². The van der Waals surface area contributed by atoms with Crippen molar-refractivity contribution in [3.05, 3.63) is 29.7 Å². The van der Waals surface area contributed by atoms with Gasteiger partial charge in [-0.25, -0.2) is 14.8 Å². The lowest BCUT2D eigenvalue weighted by Gasteiger charge is -2.06. The highest BCUT2D eigenvalue weighted by molar-refractivity contribution is 5.91. The van der Waals surface area contributed by atoms with Crippen molar-refractivity contribution < 1.29 is 14.6 Å². The molecule has 0 unspecified atom stereocenters. The van der Waals surface area contributed by atoms with Crippen molar-refractivity contribution >= 4 is 16.9 Å². The van der Waals surface area contributed by atoms with Crippen LogP contribution in [0.4, 0.5) is 0 Å². The quantitative estimate of drug-likeness (QED) is 0.829. The number of rotatable bonds is 2. The Morgan fingerprint density at radius 2 is 2.12 bits per heavy atom. The van der Waals surface area contributed by atoms with Gasteiger partial charge in [0.05, 0.1) is 7.11 Å². The maximum atomic E-state index is 10.8. The number of aryl methyl sites for hydroxylation is 1. The second-order valence-electron chi connectivity index (χ2n) is 3.29. The van der Waals surface area contributed by atoms with Crippen LogP contribution in [-0.2, 0) is 0 Å². The fraction of sp³-hybridized carbons (Fsp3) is 0.182. The number of benzene rings is 1. The van der Waals surface area contributed by atoms with Crippen molar-refractivity contribution in [3.63, 3.8) is 0 Å². The smallest absolute Gasteiger partial charge is 0.373 e. The van der Waals surface area contributed by atoms with Gasteiger partial charge in [-0.1, -0.05) is 12.1 Å². The third-order valence-electron chi connectivity index (χ3n) is 2.29. The molecular formula is C11H10N2O3. The first-order valence-corrected chi connectivity index (χ1v) is 4.68. The zero-order chi connectivity index (χ0) is 11.7. The molecule has 1 aromatic heterocycles. The van der Waals surface area contributed by atoms with E-state index < -0.39 is 5.97 Å². The topological polar surface area (TPSA) is 72.3 Å². The molecule has 0 bridgehead atoms. The number of fused-ring (bicyclic) bond motifs is 1. The summed E-state index contributed by atoms with van der Waals surface area (Å²) in [6, 6.07) is 5.39. The van der Waals surface area contributed by atoms with E-state index in [0.717, 1.165) is 5.39 Å². The molecule has 16 heavy (non-hydrogen) atoms. The number of hydrogen-bond acceptors (Lipinski definition) is 4. The molecule has 0 aliphatic rings. The molecule has 1 aromatic carbocycles. The molecule has 2 aromatic rings. The van der Waals surface area contributed by atoms with Crippen molar-refractivity contribution in [1.29, 1.82) is 0 Å². The van der Waals surface area contributed by atoms with Crippen molar-refractivity contribution in [3.8, 4) is 5.75 Å². The fourth-order valence-corrected chi connectivity index (χ4v) is 1.54. The molecule has 5 nitrogen and oxygen atoms in total. The van der Waals surface area contributed by atoms with E-state index in [-0.39, 0.29) is 5.82 Å². The van der Waals surface area contributed by atoms with E-state index in [2.05, 4.69) is 9.97 Å². The molecule has 0 fully saturated rings. The van der Waals surface area contributed by atoms with Gasteiger partial charge in [0.1, 0.15) is 11.3 Å². The van der Waals surface area contributed by atoms with Gasteiger partial charge in [0.2, 0.25) is 5.82 Å². The highest BCUT2D eigenvalue weighted by Gasteiger charge is 2.12. The summed E-state index contributed by atoms with van der Waals surface area (Å²) in [7, 11) is 1.52. The predicted octanol–water partition coefficient (Wildman–Crippen LogP) is 1.65. The van der Waals surface area contributed by atoms with Crippen LogP contribution >= 0.6 is 0 Å². The lowest BCUT2D eigenvalue weighted by molar-refractivity contribution is 0.0683. The number of hydrogen-bond donors (Lipinski definition) is 1. The van der Waals surface area contributed by atoms with Gasteiger partial charge in [0.25, 0.3) is 0 Å². The van der Waals surface area contributed by atoms with E-state index in [1.165, 1.54) is 7.11 Å². The van der Waals surface area contributed by atoms with Gasteiger partial charge < -0.3 is 9.84 Å². The lowest BCUT2D eigenvalue weighted by Crippen LogP contribution is -2.06. The molecule has 0 aliphatic heterocycles. The van der Waals surface area contributed by atoms with Crippen molar-refractivity contribution in [2.45, 2.75) is 6.92 Å². The summed E-state index contributed by atoms with van der Waals surface area (Å²) < 4.78 is 5.13. The number of aromatic nitrogens is 2. The Labute approximate surface area is 91.7 Å². The van der Waals surface area contributed by atoms with Crippen LogP contribution in [0.15, 0.2) is 18.2 Å².